The van der Waals surface area contributed by atoms with Crippen LogP contribution in [0.2, 0.25) is 0 Å². The van der Waals surface area contributed by atoms with Crippen molar-refractivity contribution in [2.24, 2.45) is 4.99 Å². The van der Waals surface area contributed by atoms with Gasteiger partial charge in [0.05, 0.1) is 0 Å². The fourth-order valence-corrected chi connectivity index (χ4v) is 0.465. The molecule has 1 unspecified atom stereocenters. The molecular weight excluding hydrogens is 102 g/mol. The third-order valence-electron chi connectivity index (χ3n) is 0.830. The number of aliphatic hydroxyl groups is 1. The monoisotopic (exact) mass is 109 g/mol. The van der Waals surface area contributed by atoms with E-state index >= 15 is 0 Å². The van der Waals surface area contributed by atoms with Crippen LogP contribution >= 0.6 is 0 Å². The fraction of sp³-hybridized carbons (Fsp3) is 0.167. The van der Waals surface area contributed by atoms with Gasteiger partial charge in [-0.15, -0.1) is 0 Å². The first-order valence-electron chi connectivity index (χ1n) is 2.44. The molecule has 0 aromatic carbocycles. The molecule has 8 heavy (non-hydrogen) atoms. The van der Waals surface area contributed by atoms with Gasteiger partial charge in [0.2, 0.25) is 0 Å². The van der Waals surface area contributed by atoms with Gasteiger partial charge < -0.3 is 5.11 Å². The van der Waals surface area contributed by atoms with Gasteiger partial charge >= 0.3 is 0 Å². The molecule has 0 saturated carbocycles. The van der Waals surface area contributed by atoms with E-state index in [0.29, 0.717) is 0 Å². The van der Waals surface area contributed by atoms with Gasteiger partial charge in [-0.3, -0.25) is 4.99 Å². The zero-order valence-electron chi connectivity index (χ0n) is 4.36. The molecule has 0 spiro atoms. The summed E-state index contributed by atoms with van der Waals surface area (Å²) >= 11 is 0. The van der Waals surface area contributed by atoms with Crippen LogP contribution < -0.4 is 0 Å². The molecule has 2 heteroatoms. The first kappa shape index (κ1) is 5.25. The molecule has 0 amide bonds. The van der Waals surface area contributed by atoms with Crippen LogP contribution in [-0.2, 0) is 0 Å². The molecular formula is C6H7NO. The lowest BCUT2D eigenvalue weighted by Gasteiger charge is -1.89. The second-order valence-corrected chi connectivity index (χ2v) is 1.52. The molecule has 1 rings (SSSR count). The quantitative estimate of drug-likeness (QED) is 0.482. The van der Waals surface area contributed by atoms with Crippen LogP contribution in [0.4, 0.5) is 0 Å². The van der Waals surface area contributed by atoms with E-state index in [1.165, 1.54) is 6.21 Å². The highest BCUT2D eigenvalue weighted by Crippen LogP contribution is 1.89. The summed E-state index contributed by atoms with van der Waals surface area (Å²) in [6, 6.07) is 0. The first-order chi connectivity index (χ1) is 3.89. The lowest BCUT2D eigenvalue weighted by Crippen LogP contribution is -2.00. The van der Waals surface area contributed by atoms with Gasteiger partial charge in [-0.25, -0.2) is 0 Å². The third kappa shape index (κ3) is 1.31. The van der Waals surface area contributed by atoms with E-state index in [-0.39, 0.29) is 0 Å². The van der Waals surface area contributed by atoms with Crippen molar-refractivity contribution in [2.45, 2.75) is 6.10 Å². The van der Waals surface area contributed by atoms with Crippen molar-refractivity contribution in [1.29, 1.82) is 0 Å². The predicted octanol–water partition coefficient (Wildman–Crippen LogP) is 0.502. The molecule has 0 aromatic heterocycles. The number of allylic oxidation sites excluding steroid dienone is 2. The van der Waals surface area contributed by atoms with Gasteiger partial charge in [0.15, 0.2) is 0 Å². The zero-order valence-corrected chi connectivity index (χ0v) is 4.36. The normalized spacial score (nSPS) is 25.9. The maximum Gasteiger partial charge on any atom is 0.108 e. The molecule has 0 bridgehead atoms. The van der Waals surface area contributed by atoms with E-state index in [1.54, 1.807) is 24.4 Å². The van der Waals surface area contributed by atoms with Crippen molar-refractivity contribution in [3.63, 3.8) is 0 Å². The van der Waals surface area contributed by atoms with Crippen LogP contribution in [0.1, 0.15) is 0 Å². The smallest absolute Gasteiger partial charge is 0.108 e. The van der Waals surface area contributed by atoms with Crippen molar-refractivity contribution in [2.75, 3.05) is 0 Å². The lowest BCUT2D eigenvalue weighted by atomic mass is 10.3. The minimum atomic E-state index is -0.509. The fourth-order valence-electron chi connectivity index (χ4n) is 0.465. The van der Waals surface area contributed by atoms with Crippen LogP contribution in [0.15, 0.2) is 29.4 Å². The summed E-state index contributed by atoms with van der Waals surface area (Å²) in [5.41, 5.74) is 0. The summed E-state index contributed by atoms with van der Waals surface area (Å²) < 4.78 is 0. The van der Waals surface area contributed by atoms with Crippen LogP contribution in [-0.4, -0.2) is 17.4 Å². The highest BCUT2D eigenvalue weighted by atomic mass is 16.3. The zero-order chi connectivity index (χ0) is 5.82. The largest absolute Gasteiger partial charge is 0.383 e. The molecule has 2 nitrogen and oxygen atoms in total. The van der Waals surface area contributed by atoms with Crippen molar-refractivity contribution in [3.8, 4) is 0 Å². The Bertz CT molecular complexity index is 131. The van der Waals surface area contributed by atoms with E-state index < -0.39 is 6.10 Å². The van der Waals surface area contributed by atoms with Crippen LogP contribution in [0.3, 0.4) is 0 Å². The Morgan fingerprint density at radius 3 is 3.12 bits per heavy atom. The van der Waals surface area contributed by atoms with Crippen LogP contribution in [0.25, 0.3) is 0 Å². The number of rotatable bonds is 0. The minimum Gasteiger partial charge on any atom is -0.383 e. The van der Waals surface area contributed by atoms with Crippen LogP contribution in [0, 0.1) is 0 Å². The number of hydrogen-bond acceptors (Lipinski definition) is 2. The molecule has 1 N–H and O–H groups in total. The second kappa shape index (κ2) is 2.43. The van der Waals surface area contributed by atoms with Gasteiger partial charge in [-0.05, 0) is 6.08 Å². The van der Waals surface area contributed by atoms with E-state index in [0.717, 1.165) is 0 Å². The van der Waals surface area contributed by atoms with E-state index in [2.05, 4.69) is 4.99 Å². The van der Waals surface area contributed by atoms with Gasteiger partial charge in [-0.2, -0.15) is 0 Å². The molecule has 0 aromatic rings. The first-order valence-corrected chi connectivity index (χ1v) is 2.44. The number of nitrogens with zero attached hydrogens (tertiary/aromatic N) is 1. The summed E-state index contributed by atoms with van der Waals surface area (Å²) in [5, 5.41) is 8.81. The Kier molecular flexibility index (Phi) is 1.59. The summed E-state index contributed by atoms with van der Waals surface area (Å²) in [6.07, 6.45) is 7.79. The van der Waals surface area contributed by atoms with Crippen molar-refractivity contribution in [1.82, 2.24) is 0 Å². The summed E-state index contributed by atoms with van der Waals surface area (Å²) in [7, 11) is 0. The van der Waals surface area contributed by atoms with Gasteiger partial charge in [-0.1, -0.05) is 12.2 Å². The second-order valence-electron chi connectivity index (χ2n) is 1.52. The van der Waals surface area contributed by atoms with Gasteiger partial charge in [0, 0.05) is 12.4 Å². The van der Waals surface area contributed by atoms with Gasteiger partial charge in [0.1, 0.15) is 6.10 Å². The predicted molar refractivity (Wildman–Crippen MR) is 32.8 cm³/mol. The standard InChI is InChI=1S/C6H7NO/c8-6-3-1-2-4-7-5-6/h1-6,8H. The highest BCUT2D eigenvalue weighted by molar-refractivity contribution is 5.66. The summed E-state index contributed by atoms with van der Waals surface area (Å²) in [6.45, 7) is 0. The van der Waals surface area contributed by atoms with E-state index in [1.807, 2.05) is 0 Å². The molecule has 1 heterocycles. The number of aliphatic imine (C=N–C) groups is 1. The SMILES string of the molecule is OC1C=CC=CN=C1. The molecule has 0 fully saturated rings. The Balaban J connectivity index is 2.66. The average molecular weight is 109 g/mol. The summed E-state index contributed by atoms with van der Waals surface area (Å²) in [4.78, 5) is 3.73. The van der Waals surface area contributed by atoms with Gasteiger partial charge in [0.25, 0.3) is 0 Å². The van der Waals surface area contributed by atoms with Crippen molar-refractivity contribution < 1.29 is 5.11 Å². The molecule has 1 aliphatic heterocycles. The van der Waals surface area contributed by atoms with Crippen LogP contribution in [0.5, 0.6) is 0 Å². The van der Waals surface area contributed by atoms with E-state index in [4.69, 9.17) is 5.11 Å². The number of hydrogen-bond donors (Lipinski definition) is 1. The maximum absolute atomic E-state index is 8.81. The Hall–Kier alpha value is -0.890. The summed E-state index contributed by atoms with van der Waals surface area (Å²) in [5.74, 6) is 0. The Morgan fingerprint density at radius 2 is 2.25 bits per heavy atom. The average Bonchev–Trinajstić information content (AvgIpc) is 1.94. The molecule has 0 aliphatic carbocycles. The molecule has 1 atom stereocenters. The number of aliphatic hydroxyl groups excluding tert-OH is 1. The molecule has 0 radical (unpaired) electrons. The Labute approximate surface area is 47.9 Å². The molecule has 42 valence electrons. The van der Waals surface area contributed by atoms with E-state index in [9.17, 15) is 0 Å². The highest BCUT2D eigenvalue weighted by Gasteiger charge is 1.90. The third-order valence-corrected chi connectivity index (χ3v) is 0.830. The lowest BCUT2D eigenvalue weighted by molar-refractivity contribution is 0.294. The molecule has 1 aliphatic rings. The molecule has 0 saturated heterocycles. The van der Waals surface area contributed by atoms with Crippen molar-refractivity contribution in [3.05, 3.63) is 24.4 Å². The topological polar surface area (TPSA) is 32.6 Å². The van der Waals surface area contributed by atoms with Crippen molar-refractivity contribution >= 4 is 6.21 Å². The maximum atomic E-state index is 8.81. The Morgan fingerprint density at radius 1 is 1.38 bits per heavy atom. The minimum absolute atomic E-state index is 0.509.